The van der Waals surface area contributed by atoms with Gasteiger partial charge in [-0.2, -0.15) is 17.6 Å². The number of halogens is 5. The van der Waals surface area contributed by atoms with Crippen LogP contribution in [0.4, 0.5) is 27.6 Å². The Morgan fingerprint density at radius 1 is 1.18 bits per heavy atom. The van der Waals surface area contributed by atoms with E-state index in [0.717, 1.165) is 19.2 Å². The van der Waals surface area contributed by atoms with E-state index in [1.165, 1.54) is 12.3 Å². The Kier molecular flexibility index (Phi) is 6.97. The number of ether oxygens (including phenoxy) is 1. The molecule has 33 heavy (non-hydrogen) atoms. The van der Waals surface area contributed by atoms with E-state index in [0.29, 0.717) is 22.9 Å². The number of fused-ring (bicyclic) bond motifs is 1. The normalized spacial score (nSPS) is 15.1. The molecule has 1 aromatic heterocycles. The maximum atomic E-state index is 14.1. The summed E-state index contributed by atoms with van der Waals surface area (Å²) in [5.74, 6) is -3.51. The molecule has 0 aliphatic heterocycles. The summed E-state index contributed by atoms with van der Waals surface area (Å²) in [6, 6.07) is 6.69. The van der Waals surface area contributed by atoms with Crippen LogP contribution in [0.25, 0.3) is 10.9 Å². The number of aryl methyl sites for hydroxylation is 1. The minimum absolute atomic E-state index is 0.0176. The van der Waals surface area contributed by atoms with Crippen LogP contribution in [0, 0.1) is 18.6 Å². The van der Waals surface area contributed by atoms with Crippen molar-refractivity contribution in [1.29, 1.82) is 0 Å². The predicted octanol–water partition coefficient (Wildman–Crippen LogP) is 5.80. The van der Waals surface area contributed by atoms with Crippen LogP contribution in [0.1, 0.15) is 37.1 Å². The Bertz CT molecular complexity index is 1180. The summed E-state index contributed by atoms with van der Waals surface area (Å²) < 4.78 is 74.6. The number of nitrogens with zero attached hydrogens (tertiary/aromatic N) is 3. The first kappa shape index (κ1) is 24.5. The highest BCUT2D eigenvalue weighted by Crippen LogP contribution is 2.42. The summed E-state index contributed by atoms with van der Waals surface area (Å²) in [5.41, 5.74) is -2.69. The minimum atomic E-state index is -5.09. The molecule has 176 valence electrons. The monoisotopic (exact) mass is 467 g/mol. The highest BCUT2D eigenvalue weighted by Gasteiger charge is 2.53. The zero-order chi connectivity index (χ0) is 24.4. The number of rotatable bonds is 7. The predicted molar refractivity (Wildman–Crippen MR) is 114 cm³/mol. The van der Waals surface area contributed by atoms with E-state index in [-0.39, 0.29) is 17.7 Å². The third-order valence-electron chi connectivity index (χ3n) is 5.41. The number of benzene rings is 2. The first-order valence-corrected chi connectivity index (χ1v) is 10.1. The molecular formula is C23H22F5N3O2. The number of hydrogen-bond donors (Lipinski definition) is 1. The second-order valence-corrected chi connectivity index (χ2v) is 7.60. The molecule has 1 N–H and O–H groups in total. The Balaban J connectivity index is 2.03. The Hall–Kier alpha value is -3.14. The van der Waals surface area contributed by atoms with E-state index in [2.05, 4.69) is 15.0 Å². The first-order valence-electron chi connectivity index (χ1n) is 10.1. The molecule has 0 unspecified atom stereocenters. The highest BCUT2D eigenvalue weighted by atomic mass is 19.4. The van der Waals surface area contributed by atoms with Crippen LogP contribution in [0.5, 0.6) is 5.75 Å². The van der Waals surface area contributed by atoms with E-state index in [1.54, 1.807) is 26.0 Å². The molecule has 1 heterocycles. The third kappa shape index (κ3) is 4.95. The van der Waals surface area contributed by atoms with Crippen molar-refractivity contribution in [2.75, 3.05) is 7.11 Å². The number of methoxy groups -OCH3 is 1. The molecule has 5 nitrogen and oxygen atoms in total. The lowest BCUT2D eigenvalue weighted by Crippen LogP contribution is -2.47. The van der Waals surface area contributed by atoms with Gasteiger partial charge in [0.2, 0.25) is 5.82 Å². The average molecular weight is 467 g/mol. The maximum Gasteiger partial charge on any atom is 0.422 e. The van der Waals surface area contributed by atoms with Gasteiger partial charge in [-0.05, 0) is 43.9 Å². The van der Waals surface area contributed by atoms with Gasteiger partial charge in [-0.15, -0.1) is 0 Å². The number of hydrogen-bond acceptors (Lipinski definition) is 5. The molecule has 2 atom stereocenters. The van der Waals surface area contributed by atoms with Gasteiger partial charge < -0.3 is 9.84 Å². The first-order chi connectivity index (χ1) is 15.5. The van der Waals surface area contributed by atoms with Crippen molar-refractivity contribution in [1.82, 2.24) is 9.97 Å². The largest absolute Gasteiger partial charge is 0.493 e. The van der Waals surface area contributed by atoms with Gasteiger partial charge in [0, 0.05) is 23.4 Å². The molecule has 3 aromatic rings. The second-order valence-electron chi connectivity index (χ2n) is 7.60. The Morgan fingerprint density at radius 2 is 1.91 bits per heavy atom. The quantitative estimate of drug-likeness (QED) is 0.352. The molecule has 0 bridgehead atoms. The van der Waals surface area contributed by atoms with Gasteiger partial charge in [0.15, 0.2) is 17.2 Å². The summed E-state index contributed by atoms with van der Waals surface area (Å²) >= 11 is 0. The number of aliphatic hydroxyl groups is 1. The van der Waals surface area contributed by atoms with Crippen molar-refractivity contribution in [3.8, 4) is 5.75 Å². The molecule has 0 radical (unpaired) electrons. The summed E-state index contributed by atoms with van der Waals surface area (Å²) in [6.45, 7) is 3.25. The lowest BCUT2D eigenvalue weighted by molar-refractivity contribution is -0.232. The minimum Gasteiger partial charge on any atom is -0.493 e. The second kappa shape index (κ2) is 9.38. The molecule has 0 aliphatic carbocycles. The van der Waals surface area contributed by atoms with Crippen molar-refractivity contribution in [2.24, 2.45) is 4.99 Å². The zero-order valence-corrected chi connectivity index (χ0v) is 18.1. The van der Waals surface area contributed by atoms with Gasteiger partial charge in [-0.1, -0.05) is 19.1 Å². The highest BCUT2D eigenvalue weighted by molar-refractivity contribution is 5.91. The zero-order valence-electron chi connectivity index (χ0n) is 18.1. The molecular weight excluding hydrogens is 445 g/mol. The molecule has 0 saturated carbocycles. The van der Waals surface area contributed by atoms with Crippen LogP contribution < -0.4 is 4.74 Å². The van der Waals surface area contributed by atoms with Crippen LogP contribution in [-0.4, -0.2) is 40.2 Å². The molecule has 2 aromatic carbocycles. The van der Waals surface area contributed by atoms with Crippen LogP contribution in [0.3, 0.4) is 0 Å². The molecule has 0 aliphatic rings. The number of aliphatic imine (C=N–C) groups is 1. The SMILES string of the molecule is CC[C@H](C[C@@](O)(/C=N\c1cccc2nc(C)ncc12)C(F)(F)F)c1ccc(F)c(F)c1OC. The van der Waals surface area contributed by atoms with Crippen molar-refractivity contribution in [3.05, 3.63) is 59.6 Å². The van der Waals surface area contributed by atoms with E-state index in [9.17, 15) is 27.1 Å². The molecule has 0 fully saturated rings. The van der Waals surface area contributed by atoms with E-state index in [1.807, 2.05) is 0 Å². The standard InChI is InChI=1S/C23H22F5N3O2/c1-4-14(15-8-9-17(24)20(25)21(15)33-3)10-22(32,23(26,27)28)12-30-18-6-5-7-19-16(18)11-29-13(2)31-19/h5-9,11-12,14,32H,4,10H2,1-3H3/b30-12-/t14-,22-/m1/s1. The molecule has 3 rings (SSSR count). The summed E-state index contributed by atoms with van der Waals surface area (Å²) in [5, 5.41) is 11.1. The van der Waals surface area contributed by atoms with Gasteiger partial charge in [-0.3, -0.25) is 4.99 Å². The van der Waals surface area contributed by atoms with Crippen LogP contribution >= 0.6 is 0 Å². The van der Waals surface area contributed by atoms with Crippen molar-refractivity contribution >= 4 is 22.8 Å². The van der Waals surface area contributed by atoms with Crippen LogP contribution in [0.2, 0.25) is 0 Å². The van der Waals surface area contributed by atoms with Gasteiger partial charge in [0.05, 0.1) is 18.3 Å². The fourth-order valence-corrected chi connectivity index (χ4v) is 3.59. The summed E-state index contributed by atoms with van der Waals surface area (Å²) in [6.07, 6.45) is -4.00. The van der Waals surface area contributed by atoms with Crippen LogP contribution in [0.15, 0.2) is 41.5 Å². The van der Waals surface area contributed by atoms with Crippen molar-refractivity contribution < 1.29 is 31.8 Å². The van der Waals surface area contributed by atoms with Crippen molar-refractivity contribution in [3.63, 3.8) is 0 Å². The number of alkyl halides is 3. The average Bonchev–Trinajstić information content (AvgIpc) is 2.76. The summed E-state index contributed by atoms with van der Waals surface area (Å²) in [4.78, 5) is 12.2. The summed E-state index contributed by atoms with van der Waals surface area (Å²) in [7, 11) is 1.09. The van der Waals surface area contributed by atoms with Crippen LogP contribution in [-0.2, 0) is 0 Å². The Labute approximate surface area is 187 Å². The molecule has 10 heteroatoms. The number of aromatic nitrogens is 2. The lowest BCUT2D eigenvalue weighted by Gasteiger charge is -2.31. The van der Waals surface area contributed by atoms with Gasteiger partial charge in [0.1, 0.15) is 5.82 Å². The molecule has 0 spiro atoms. The maximum absolute atomic E-state index is 14.1. The smallest absolute Gasteiger partial charge is 0.422 e. The molecule has 0 amide bonds. The fraction of sp³-hybridized carbons (Fsp3) is 0.348. The molecule has 0 saturated heterocycles. The van der Waals surface area contributed by atoms with Gasteiger partial charge >= 0.3 is 6.18 Å². The van der Waals surface area contributed by atoms with E-state index < -0.39 is 41.5 Å². The fourth-order valence-electron chi connectivity index (χ4n) is 3.59. The van der Waals surface area contributed by atoms with E-state index >= 15 is 0 Å². The topological polar surface area (TPSA) is 67.6 Å². The van der Waals surface area contributed by atoms with Gasteiger partial charge in [-0.25, -0.2) is 14.4 Å². The lowest BCUT2D eigenvalue weighted by atomic mass is 9.83. The van der Waals surface area contributed by atoms with Gasteiger partial charge in [0.25, 0.3) is 0 Å². The van der Waals surface area contributed by atoms with Crippen molar-refractivity contribution in [2.45, 2.75) is 44.4 Å². The Morgan fingerprint density at radius 3 is 2.55 bits per heavy atom. The third-order valence-corrected chi connectivity index (χ3v) is 5.41. The van der Waals surface area contributed by atoms with E-state index in [4.69, 9.17) is 4.74 Å².